The second-order valence-corrected chi connectivity index (χ2v) is 5.40. The highest BCUT2D eigenvalue weighted by molar-refractivity contribution is 5.46. The van der Waals surface area contributed by atoms with Crippen LogP contribution in [0.2, 0.25) is 0 Å². The van der Waals surface area contributed by atoms with Crippen LogP contribution in [0.4, 0.5) is 18.9 Å². The first-order valence-corrected chi connectivity index (χ1v) is 5.85. The van der Waals surface area contributed by atoms with Gasteiger partial charge in [-0.15, -0.1) is 0 Å². The maximum absolute atomic E-state index is 12.9. The van der Waals surface area contributed by atoms with Gasteiger partial charge < -0.3 is 10.8 Å². The smallest absolute Gasteiger partial charge is 0.399 e. The lowest BCUT2D eigenvalue weighted by Gasteiger charge is -2.26. The molecular weight excluding hydrogens is 257 g/mol. The molecule has 0 heterocycles. The number of nitrogens with two attached hydrogens (primary N) is 1. The molecule has 19 heavy (non-hydrogen) atoms. The average Bonchev–Trinajstić information content (AvgIpc) is 2.16. The van der Waals surface area contributed by atoms with Crippen molar-refractivity contribution in [3.8, 4) is 0 Å². The number of hydrogen-bond acceptors (Lipinski definition) is 3. The molecule has 0 atom stereocenters. The number of aliphatic hydroxyl groups is 1. The van der Waals surface area contributed by atoms with E-state index in [2.05, 4.69) is 0 Å². The summed E-state index contributed by atoms with van der Waals surface area (Å²) >= 11 is 0. The van der Waals surface area contributed by atoms with Crippen molar-refractivity contribution in [2.24, 2.45) is 0 Å². The Morgan fingerprint density at radius 1 is 1.26 bits per heavy atom. The molecule has 108 valence electrons. The number of benzene rings is 1. The quantitative estimate of drug-likeness (QED) is 0.831. The maximum Gasteiger partial charge on any atom is 0.416 e. The Morgan fingerprint density at radius 3 is 2.32 bits per heavy atom. The minimum Gasteiger partial charge on any atom is -0.399 e. The van der Waals surface area contributed by atoms with Crippen molar-refractivity contribution in [1.29, 1.82) is 0 Å². The number of likely N-dealkylation sites (N-methyl/N-ethyl adjacent to an activating group) is 1. The van der Waals surface area contributed by atoms with Gasteiger partial charge in [0.05, 0.1) is 11.2 Å². The lowest BCUT2D eigenvalue weighted by atomic mass is 10.0. The number of anilines is 1. The van der Waals surface area contributed by atoms with Crippen LogP contribution in [0, 0.1) is 0 Å². The van der Waals surface area contributed by atoms with Crippen LogP contribution in [0.25, 0.3) is 0 Å². The molecule has 1 aromatic rings. The second kappa shape index (κ2) is 5.38. The van der Waals surface area contributed by atoms with Gasteiger partial charge in [0, 0.05) is 18.8 Å². The summed E-state index contributed by atoms with van der Waals surface area (Å²) in [6.45, 7) is 3.59. The van der Waals surface area contributed by atoms with Gasteiger partial charge in [0.2, 0.25) is 0 Å². The number of nitrogens with zero attached hydrogens (tertiary/aromatic N) is 1. The van der Waals surface area contributed by atoms with E-state index in [1.807, 2.05) is 0 Å². The molecule has 0 aliphatic rings. The molecule has 0 amide bonds. The highest BCUT2D eigenvalue weighted by Gasteiger charge is 2.33. The SMILES string of the molecule is CN(Cc1ccc(N)cc1C(F)(F)F)CC(C)(C)O. The number of alkyl halides is 3. The summed E-state index contributed by atoms with van der Waals surface area (Å²) in [5.41, 5.74) is 3.95. The topological polar surface area (TPSA) is 49.5 Å². The molecule has 1 rings (SSSR count). The minimum absolute atomic E-state index is 0.0845. The summed E-state index contributed by atoms with van der Waals surface area (Å²) in [5, 5.41) is 9.66. The average molecular weight is 276 g/mol. The lowest BCUT2D eigenvalue weighted by molar-refractivity contribution is -0.138. The van der Waals surface area contributed by atoms with Crippen molar-refractivity contribution in [2.75, 3.05) is 19.3 Å². The van der Waals surface area contributed by atoms with E-state index in [0.29, 0.717) is 0 Å². The van der Waals surface area contributed by atoms with E-state index in [0.717, 1.165) is 6.07 Å². The van der Waals surface area contributed by atoms with Crippen LogP contribution in [0.1, 0.15) is 25.0 Å². The number of nitrogen functional groups attached to an aromatic ring is 1. The molecule has 0 unspecified atom stereocenters. The van der Waals surface area contributed by atoms with E-state index in [-0.39, 0.29) is 24.3 Å². The molecule has 0 fully saturated rings. The fraction of sp³-hybridized carbons (Fsp3) is 0.538. The fourth-order valence-corrected chi connectivity index (χ4v) is 2.00. The van der Waals surface area contributed by atoms with E-state index < -0.39 is 17.3 Å². The predicted octanol–water partition coefficient (Wildman–Crippen LogP) is 2.49. The monoisotopic (exact) mass is 276 g/mol. The van der Waals surface area contributed by atoms with E-state index in [1.165, 1.54) is 12.1 Å². The van der Waals surface area contributed by atoms with Gasteiger partial charge in [0.15, 0.2) is 0 Å². The van der Waals surface area contributed by atoms with E-state index in [4.69, 9.17) is 5.73 Å². The third-order valence-electron chi connectivity index (χ3n) is 2.54. The number of halogens is 3. The van der Waals surface area contributed by atoms with Crippen LogP contribution in [-0.2, 0) is 12.7 Å². The summed E-state index contributed by atoms with van der Waals surface area (Å²) in [6, 6.07) is 3.76. The highest BCUT2D eigenvalue weighted by Crippen LogP contribution is 2.33. The highest BCUT2D eigenvalue weighted by atomic mass is 19.4. The van der Waals surface area contributed by atoms with Crippen molar-refractivity contribution in [1.82, 2.24) is 4.90 Å². The van der Waals surface area contributed by atoms with Crippen LogP contribution in [0.15, 0.2) is 18.2 Å². The lowest BCUT2D eigenvalue weighted by Crippen LogP contribution is -2.36. The molecule has 0 radical (unpaired) electrons. The van der Waals surface area contributed by atoms with Crippen LogP contribution in [0.3, 0.4) is 0 Å². The zero-order chi connectivity index (χ0) is 14.8. The zero-order valence-electron chi connectivity index (χ0n) is 11.3. The van der Waals surface area contributed by atoms with Gasteiger partial charge in [-0.05, 0) is 38.6 Å². The Balaban J connectivity index is 2.95. The van der Waals surface area contributed by atoms with Crippen molar-refractivity contribution in [3.63, 3.8) is 0 Å². The molecular formula is C13H19F3N2O. The van der Waals surface area contributed by atoms with Gasteiger partial charge in [-0.2, -0.15) is 13.2 Å². The van der Waals surface area contributed by atoms with E-state index in [1.54, 1.807) is 25.8 Å². The van der Waals surface area contributed by atoms with E-state index in [9.17, 15) is 18.3 Å². The third-order valence-corrected chi connectivity index (χ3v) is 2.54. The van der Waals surface area contributed by atoms with Crippen LogP contribution in [-0.4, -0.2) is 29.2 Å². The van der Waals surface area contributed by atoms with Gasteiger partial charge in [-0.25, -0.2) is 0 Å². The normalized spacial score (nSPS) is 13.1. The molecule has 0 bridgehead atoms. The number of hydrogen-bond donors (Lipinski definition) is 2. The maximum atomic E-state index is 12.9. The van der Waals surface area contributed by atoms with E-state index >= 15 is 0 Å². The molecule has 0 spiro atoms. The van der Waals surface area contributed by atoms with Gasteiger partial charge in [-0.1, -0.05) is 6.07 Å². The third kappa shape index (κ3) is 5.08. The van der Waals surface area contributed by atoms with Crippen LogP contribution >= 0.6 is 0 Å². The Hall–Kier alpha value is -1.27. The van der Waals surface area contributed by atoms with Crippen molar-refractivity contribution >= 4 is 5.69 Å². The summed E-state index contributed by atoms with van der Waals surface area (Å²) in [6.07, 6.45) is -4.43. The summed E-state index contributed by atoms with van der Waals surface area (Å²) in [5.74, 6) is 0. The summed E-state index contributed by atoms with van der Waals surface area (Å²) in [7, 11) is 1.66. The van der Waals surface area contributed by atoms with Crippen molar-refractivity contribution in [2.45, 2.75) is 32.2 Å². The van der Waals surface area contributed by atoms with Crippen LogP contribution < -0.4 is 5.73 Å². The van der Waals surface area contributed by atoms with Gasteiger partial charge in [0.25, 0.3) is 0 Å². The molecule has 6 heteroatoms. The van der Waals surface area contributed by atoms with Gasteiger partial charge in [0.1, 0.15) is 0 Å². The standard InChI is InChI=1S/C13H19F3N2O/c1-12(2,19)8-18(3)7-9-4-5-10(17)6-11(9)13(14,15)16/h4-6,19H,7-8,17H2,1-3H3. The number of rotatable bonds is 4. The van der Waals surface area contributed by atoms with Crippen LogP contribution in [0.5, 0.6) is 0 Å². The molecule has 3 nitrogen and oxygen atoms in total. The van der Waals surface area contributed by atoms with Gasteiger partial charge in [-0.3, -0.25) is 4.90 Å². The zero-order valence-corrected chi connectivity index (χ0v) is 11.3. The molecule has 0 aliphatic heterocycles. The Labute approximate surface area is 110 Å². The summed E-state index contributed by atoms with van der Waals surface area (Å²) < 4.78 is 38.7. The predicted molar refractivity (Wildman–Crippen MR) is 68.5 cm³/mol. The summed E-state index contributed by atoms with van der Waals surface area (Å²) in [4.78, 5) is 1.64. The first kappa shape index (κ1) is 15.8. The fourth-order valence-electron chi connectivity index (χ4n) is 2.00. The molecule has 0 aromatic heterocycles. The Morgan fingerprint density at radius 2 is 1.84 bits per heavy atom. The largest absolute Gasteiger partial charge is 0.416 e. The molecule has 0 saturated carbocycles. The Bertz CT molecular complexity index is 438. The van der Waals surface area contributed by atoms with Gasteiger partial charge >= 0.3 is 6.18 Å². The minimum atomic E-state index is -4.43. The molecule has 0 aliphatic carbocycles. The van der Waals surface area contributed by atoms with Crippen molar-refractivity contribution < 1.29 is 18.3 Å². The first-order chi connectivity index (χ1) is 8.49. The molecule has 1 aromatic carbocycles. The molecule has 3 N–H and O–H groups in total. The van der Waals surface area contributed by atoms with Crippen molar-refractivity contribution in [3.05, 3.63) is 29.3 Å². The first-order valence-electron chi connectivity index (χ1n) is 5.85. The Kier molecular flexibility index (Phi) is 4.47. The molecule has 0 saturated heterocycles. The second-order valence-electron chi connectivity index (χ2n) is 5.40.